The number of aromatic nitrogens is 2. The number of carbonyl (C=O) groups is 1. The van der Waals surface area contributed by atoms with Crippen molar-refractivity contribution in [1.29, 1.82) is 0 Å². The normalized spacial score (nSPS) is 14.5. The lowest BCUT2D eigenvalue weighted by atomic mass is 9.95. The molecule has 6 nitrogen and oxygen atoms in total. The minimum Gasteiger partial charge on any atom is -0.329 e. The number of sulfone groups is 1. The summed E-state index contributed by atoms with van der Waals surface area (Å²) in [6, 6.07) is 14.6. The summed E-state index contributed by atoms with van der Waals surface area (Å²) >= 11 is 0. The molecule has 4 rings (SSSR count). The molecular weight excluding hydrogens is 465 g/mol. The second kappa shape index (κ2) is 11.0. The second-order valence-electron chi connectivity index (χ2n) is 8.92. The molecule has 184 valence electrons. The summed E-state index contributed by atoms with van der Waals surface area (Å²) in [5, 5.41) is 0.0417. The first kappa shape index (κ1) is 24.9. The Bertz CT molecular complexity index is 1280. The van der Waals surface area contributed by atoms with Crippen molar-refractivity contribution in [2.75, 3.05) is 6.54 Å². The van der Waals surface area contributed by atoms with Crippen molar-refractivity contribution in [2.24, 2.45) is 0 Å². The molecule has 8 heteroatoms. The third-order valence-corrected chi connectivity index (χ3v) is 7.89. The highest BCUT2D eigenvalue weighted by Crippen LogP contribution is 2.33. The maximum Gasteiger partial charge on any atom is 0.254 e. The number of rotatable bonds is 9. The Morgan fingerprint density at radius 3 is 2.54 bits per heavy atom. The lowest BCUT2D eigenvalue weighted by Gasteiger charge is -2.28. The molecule has 1 amide bonds. The molecule has 1 aliphatic rings. The third kappa shape index (κ3) is 5.88. The summed E-state index contributed by atoms with van der Waals surface area (Å²) in [5.74, 6) is -0.985. The summed E-state index contributed by atoms with van der Waals surface area (Å²) in [6.45, 7) is 4.13. The maximum absolute atomic E-state index is 13.8. The number of amides is 1. The topological polar surface area (TPSA) is 72.3 Å². The Hall–Kier alpha value is -3.26. The van der Waals surface area contributed by atoms with E-state index >= 15 is 0 Å². The molecule has 0 radical (unpaired) electrons. The zero-order chi connectivity index (χ0) is 24.8. The zero-order valence-electron chi connectivity index (χ0n) is 19.6. The molecule has 0 bridgehead atoms. The van der Waals surface area contributed by atoms with Crippen molar-refractivity contribution in [3.8, 4) is 0 Å². The number of imidazole rings is 1. The standard InChI is InChI=1S/C27H30FN3O3S/c1-2-16-30(26(32)22-12-9-13-23(28)17-22)19-25-18-29-27(31(25)24-14-7-4-8-15-24)35(33,34)20-21-10-5-3-6-11-21/h2-3,5-6,9-13,17-18,24H,1,4,7-8,14-16,19-20H2. The van der Waals surface area contributed by atoms with Crippen LogP contribution < -0.4 is 0 Å². The Kier molecular flexibility index (Phi) is 7.80. The Morgan fingerprint density at radius 2 is 1.86 bits per heavy atom. The van der Waals surface area contributed by atoms with E-state index in [0.717, 1.165) is 32.1 Å². The van der Waals surface area contributed by atoms with Gasteiger partial charge >= 0.3 is 0 Å². The molecule has 0 spiro atoms. The van der Waals surface area contributed by atoms with Gasteiger partial charge in [-0.1, -0.05) is 61.7 Å². The Labute approximate surface area is 206 Å². The van der Waals surface area contributed by atoms with Crippen LogP contribution in [0, 0.1) is 5.82 Å². The highest BCUT2D eigenvalue weighted by molar-refractivity contribution is 7.90. The van der Waals surface area contributed by atoms with Crippen LogP contribution in [-0.4, -0.2) is 35.3 Å². The number of benzene rings is 2. The van der Waals surface area contributed by atoms with Gasteiger partial charge in [0.05, 0.1) is 24.2 Å². The molecule has 3 aromatic rings. The van der Waals surface area contributed by atoms with Gasteiger partial charge in [0.1, 0.15) is 5.82 Å². The molecule has 2 aromatic carbocycles. The fourth-order valence-corrected chi connectivity index (χ4v) is 6.23. The molecule has 35 heavy (non-hydrogen) atoms. The van der Waals surface area contributed by atoms with E-state index in [-0.39, 0.29) is 41.5 Å². The van der Waals surface area contributed by atoms with Gasteiger partial charge in [-0.15, -0.1) is 6.58 Å². The largest absolute Gasteiger partial charge is 0.329 e. The van der Waals surface area contributed by atoms with Crippen LogP contribution in [0.25, 0.3) is 0 Å². The van der Waals surface area contributed by atoms with Gasteiger partial charge in [0.15, 0.2) is 0 Å². The molecule has 0 saturated heterocycles. The molecule has 1 saturated carbocycles. The molecule has 1 aliphatic carbocycles. The van der Waals surface area contributed by atoms with E-state index in [1.165, 1.54) is 23.1 Å². The van der Waals surface area contributed by atoms with Crippen molar-refractivity contribution in [2.45, 2.75) is 55.6 Å². The molecule has 0 N–H and O–H groups in total. The smallest absolute Gasteiger partial charge is 0.254 e. The molecule has 1 heterocycles. The van der Waals surface area contributed by atoms with Crippen molar-refractivity contribution in [3.63, 3.8) is 0 Å². The molecular formula is C27H30FN3O3S. The Morgan fingerprint density at radius 1 is 1.11 bits per heavy atom. The van der Waals surface area contributed by atoms with Gasteiger partial charge in [-0.3, -0.25) is 4.79 Å². The van der Waals surface area contributed by atoms with Gasteiger partial charge in [-0.25, -0.2) is 17.8 Å². The van der Waals surface area contributed by atoms with Crippen LogP contribution in [0.4, 0.5) is 4.39 Å². The van der Waals surface area contributed by atoms with Crippen molar-refractivity contribution < 1.29 is 17.6 Å². The fraction of sp³-hybridized carbons (Fsp3) is 0.333. The van der Waals surface area contributed by atoms with Gasteiger partial charge in [0.25, 0.3) is 5.91 Å². The van der Waals surface area contributed by atoms with E-state index in [1.807, 2.05) is 22.8 Å². The first-order valence-electron chi connectivity index (χ1n) is 11.9. The van der Waals surface area contributed by atoms with Crippen LogP contribution in [-0.2, 0) is 22.1 Å². The number of nitrogens with zero attached hydrogens (tertiary/aromatic N) is 3. The van der Waals surface area contributed by atoms with E-state index in [9.17, 15) is 17.6 Å². The number of halogens is 1. The highest BCUT2D eigenvalue weighted by Gasteiger charge is 2.30. The molecule has 1 aromatic heterocycles. The lowest BCUT2D eigenvalue weighted by Crippen LogP contribution is -2.32. The van der Waals surface area contributed by atoms with Crippen LogP contribution in [0.15, 0.2) is 78.6 Å². The van der Waals surface area contributed by atoms with Gasteiger partial charge in [-0.05, 0) is 36.6 Å². The SMILES string of the molecule is C=CCN(Cc1cnc(S(=O)(=O)Cc2ccccc2)n1C1CCCCC1)C(=O)c1cccc(F)c1. The summed E-state index contributed by atoms with van der Waals surface area (Å²) in [5.41, 5.74) is 1.57. The van der Waals surface area contributed by atoms with Crippen LogP contribution in [0.1, 0.15) is 59.8 Å². The third-order valence-electron chi connectivity index (χ3n) is 6.32. The molecule has 1 fully saturated rings. The van der Waals surface area contributed by atoms with Gasteiger partial charge in [0, 0.05) is 18.2 Å². The highest BCUT2D eigenvalue weighted by atomic mass is 32.2. The monoisotopic (exact) mass is 495 g/mol. The van der Waals surface area contributed by atoms with Gasteiger partial charge in [0.2, 0.25) is 15.0 Å². The summed E-state index contributed by atoms with van der Waals surface area (Å²) < 4.78 is 42.5. The predicted octanol–water partition coefficient (Wildman–Crippen LogP) is 5.33. The zero-order valence-corrected chi connectivity index (χ0v) is 20.5. The molecule has 0 atom stereocenters. The quantitative estimate of drug-likeness (QED) is 0.376. The van der Waals surface area contributed by atoms with Crippen molar-refractivity contribution in [1.82, 2.24) is 14.5 Å². The van der Waals surface area contributed by atoms with Crippen LogP contribution in [0.5, 0.6) is 0 Å². The van der Waals surface area contributed by atoms with Gasteiger partial charge in [-0.2, -0.15) is 0 Å². The average Bonchev–Trinajstić information content (AvgIpc) is 3.29. The molecule has 0 aliphatic heterocycles. The minimum absolute atomic E-state index is 0.00310. The summed E-state index contributed by atoms with van der Waals surface area (Å²) in [4.78, 5) is 19.1. The number of carbonyl (C=O) groups excluding carboxylic acids is 1. The number of hydrogen-bond acceptors (Lipinski definition) is 4. The summed E-state index contributed by atoms with van der Waals surface area (Å²) in [6.07, 6.45) is 8.02. The Balaban J connectivity index is 1.70. The second-order valence-corrected chi connectivity index (χ2v) is 10.8. The minimum atomic E-state index is -3.72. The van der Waals surface area contributed by atoms with E-state index in [2.05, 4.69) is 11.6 Å². The van der Waals surface area contributed by atoms with Crippen molar-refractivity contribution >= 4 is 15.7 Å². The molecule has 0 unspecified atom stereocenters. The van der Waals surface area contributed by atoms with Crippen molar-refractivity contribution in [3.05, 3.63) is 96.1 Å². The van der Waals surface area contributed by atoms with Gasteiger partial charge < -0.3 is 9.47 Å². The summed E-state index contributed by atoms with van der Waals surface area (Å²) in [7, 11) is -3.72. The average molecular weight is 496 g/mol. The predicted molar refractivity (Wildman–Crippen MR) is 133 cm³/mol. The van der Waals surface area contributed by atoms with E-state index in [4.69, 9.17) is 0 Å². The first-order chi connectivity index (χ1) is 16.9. The number of hydrogen-bond donors (Lipinski definition) is 0. The van der Waals surface area contributed by atoms with Crippen LogP contribution in [0.3, 0.4) is 0 Å². The van der Waals surface area contributed by atoms with Crippen LogP contribution in [0.2, 0.25) is 0 Å². The lowest BCUT2D eigenvalue weighted by molar-refractivity contribution is 0.0757. The maximum atomic E-state index is 13.8. The van der Waals surface area contributed by atoms with E-state index < -0.39 is 15.7 Å². The van der Waals surface area contributed by atoms with E-state index in [1.54, 1.807) is 30.5 Å². The van der Waals surface area contributed by atoms with Crippen LogP contribution >= 0.6 is 0 Å². The van der Waals surface area contributed by atoms with E-state index in [0.29, 0.717) is 11.3 Å². The fourth-order valence-electron chi connectivity index (χ4n) is 4.69. The first-order valence-corrected chi connectivity index (χ1v) is 13.5.